The third-order valence-electron chi connectivity index (χ3n) is 4.89. The molecule has 3 rings (SSSR count). The Bertz CT molecular complexity index is 769. The number of hydrogen-bond acceptors (Lipinski definition) is 4. The number of hydrogen-bond donors (Lipinski definition) is 2. The summed E-state index contributed by atoms with van der Waals surface area (Å²) in [5.74, 6) is 2.36. The summed E-state index contributed by atoms with van der Waals surface area (Å²) < 4.78 is 5.86. The maximum atomic E-state index is 5.86. The zero-order valence-electron chi connectivity index (χ0n) is 17.9. The largest absolute Gasteiger partial charge is 0.443 e. The van der Waals surface area contributed by atoms with Crippen LogP contribution in [-0.2, 0) is 12.0 Å². The summed E-state index contributed by atoms with van der Waals surface area (Å²) >= 11 is 0. The highest BCUT2D eigenvalue weighted by atomic mass is 127. The number of anilines is 1. The minimum Gasteiger partial charge on any atom is -0.443 e. The Kier molecular flexibility index (Phi) is 8.79. The molecule has 0 amide bonds. The summed E-state index contributed by atoms with van der Waals surface area (Å²) in [7, 11) is 0. The average molecular weight is 511 g/mol. The number of aliphatic imine (C=N–C) groups is 1. The van der Waals surface area contributed by atoms with Crippen LogP contribution in [0.5, 0.6) is 0 Å². The van der Waals surface area contributed by atoms with Crippen molar-refractivity contribution in [2.75, 3.05) is 24.5 Å². The van der Waals surface area contributed by atoms with Crippen molar-refractivity contribution in [3.63, 3.8) is 0 Å². The van der Waals surface area contributed by atoms with Crippen molar-refractivity contribution >= 4 is 35.6 Å². The Morgan fingerprint density at radius 3 is 2.69 bits per heavy atom. The summed E-state index contributed by atoms with van der Waals surface area (Å²) in [6.07, 6.45) is 4.12. The molecule has 1 saturated heterocycles. The van der Waals surface area contributed by atoms with E-state index in [9.17, 15) is 0 Å². The summed E-state index contributed by atoms with van der Waals surface area (Å²) in [6, 6.07) is 11.0. The molecule has 0 bridgehead atoms. The Morgan fingerprint density at radius 2 is 2.03 bits per heavy atom. The number of para-hydroxylation sites is 1. The van der Waals surface area contributed by atoms with Gasteiger partial charge in [0.2, 0.25) is 5.89 Å². The lowest BCUT2D eigenvalue weighted by molar-refractivity contribution is 0.383. The Hall–Kier alpha value is -1.77. The van der Waals surface area contributed by atoms with E-state index in [1.165, 1.54) is 12.1 Å². The van der Waals surface area contributed by atoms with Crippen molar-refractivity contribution < 1.29 is 4.42 Å². The molecular weight excluding hydrogens is 477 g/mol. The highest BCUT2D eigenvalue weighted by Crippen LogP contribution is 2.23. The fraction of sp³-hybridized carbons (Fsp3) is 0.545. The van der Waals surface area contributed by atoms with Gasteiger partial charge in [-0.1, -0.05) is 39.0 Å². The maximum absolute atomic E-state index is 5.86. The molecule has 2 aromatic rings. The van der Waals surface area contributed by atoms with E-state index >= 15 is 0 Å². The number of nitrogens with one attached hydrogen (secondary N) is 2. The van der Waals surface area contributed by atoms with E-state index in [2.05, 4.69) is 78.5 Å². The van der Waals surface area contributed by atoms with Crippen LogP contribution in [0, 0.1) is 0 Å². The smallest absolute Gasteiger partial charge is 0.216 e. The first-order chi connectivity index (χ1) is 13.5. The van der Waals surface area contributed by atoms with Crippen molar-refractivity contribution in [2.45, 2.75) is 58.5 Å². The van der Waals surface area contributed by atoms with Crippen molar-refractivity contribution in [1.29, 1.82) is 0 Å². The SMILES string of the molecule is CCNC(=NCc1ncc(C(C)(C)C)o1)NC1CCCN(c2ccccc2)C1.I. The van der Waals surface area contributed by atoms with Crippen molar-refractivity contribution in [1.82, 2.24) is 15.6 Å². The molecule has 0 radical (unpaired) electrons. The fourth-order valence-electron chi connectivity index (χ4n) is 3.36. The van der Waals surface area contributed by atoms with Gasteiger partial charge in [-0.2, -0.15) is 0 Å². The molecule has 1 atom stereocenters. The van der Waals surface area contributed by atoms with Crippen LogP contribution in [0.25, 0.3) is 0 Å². The number of nitrogens with zero attached hydrogens (tertiary/aromatic N) is 3. The summed E-state index contributed by atoms with van der Waals surface area (Å²) in [4.78, 5) is 11.5. The van der Waals surface area contributed by atoms with E-state index < -0.39 is 0 Å². The van der Waals surface area contributed by atoms with E-state index in [-0.39, 0.29) is 29.4 Å². The van der Waals surface area contributed by atoms with Crippen LogP contribution in [0.2, 0.25) is 0 Å². The predicted octanol–water partition coefficient (Wildman–Crippen LogP) is 4.31. The van der Waals surface area contributed by atoms with Gasteiger partial charge in [-0.15, -0.1) is 24.0 Å². The van der Waals surface area contributed by atoms with Gasteiger partial charge in [0.1, 0.15) is 12.3 Å². The molecule has 0 saturated carbocycles. The van der Waals surface area contributed by atoms with Crippen LogP contribution >= 0.6 is 24.0 Å². The van der Waals surface area contributed by atoms with Crippen LogP contribution < -0.4 is 15.5 Å². The van der Waals surface area contributed by atoms with Crippen molar-refractivity contribution in [2.24, 2.45) is 4.99 Å². The van der Waals surface area contributed by atoms with E-state index in [0.717, 1.165) is 37.8 Å². The zero-order valence-corrected chi connectivity index (χ0v) is 20.3. The van der Waals surface area contributed by atoms with Crippen molar-refractivity contribution in [3.05, 3.63) is 48.2 Å². The van der Waals surface area contributed by atoms with Gasteiger partial charge >= 0.3 is 0 Å². The quantitative estimate of drug-likeness (QED) is 0.356. The average Bonchev–Trinajstić information content (AvgIpc) is 3.17. The zero-order chi connectivity index (χ0) is 20.0. The first kappa shape index (κ1) is 23.5. The Morgan fingerprint density at radius 1 is 1.28 bits per heavy atom. The maximum Gasteiger partial charge on any atom is 0.216 e. The minimum absolute atomic E-state index is 0. The van der Waals surface area contributed by atoms with E-state index in [1.807, 2.05) is 6.20 Å². The van der Waals surface area contributed by atoms with Gasteiger partial charge in [0.25, 0.3) is 0 Å². The summed E-state index contributed by atoms with van der Waals surface area (Å²) in [6.45, 7) is 11.8. The molecule has 1 fully saturated rings. The first-order valence-electron chi connectivity index (χ1n) is 10.3. The molecule has 2 heterocycles. The molecule has 0 aliphatic carbocycles. The van der Waals surface area contributed by atoms with Gasteiger partial charge in [-0.05, 0) is 31.9 Å². The van der Waals surface area contributed by atoms with Crippen LogP contribution in [-0.4, -0.2) is 36.6 Å². The van der Waals surface area contributed by atoms with E-state index in [1.54, 1.807) is 0 Å². The number of guanidine groups is 1. The number of benzene rings is 1. The molecule has 1 aliphatic heterocycles. The minimum atomic E-state index is -0.0410. The molecule has 2 N–H and O–H groups in total. The normalized spacial score (nSPS) is 17.6. The van der Waals surface area contributed by atoms with Gasteiger partial charge < -0.3 is 20.0 Å². The summed E-state index contributed by atoms with van der Waals surface area (Å²) in [5, 5.41) is 6.93. The van der Waals surface area contributed by atoms with Gasteiger partial charge in [0, 0.05) is 36.8 Å². The molecule has 7 heteroatoms. The Labute approximate surface area is 191 Å². The first-order valence-corrected chi connectivity index (χ1v) is 10.3. The standard InChI is InChI=1S/C22H33N5O.HI/c1-5-23-21(25-15-20-24-14-19(28-20)22(2,3)4)26-17-10-9-13-27(16-17)18-11-7-6-8-12-18;/h6-8,11-12,14,17H,5,9-10,13,15-16H2,1-4H3,(H2,23,25,26);1H. The fourth-order valence-corrected chi connectivity index (χ4v) is 3.36. The van der Waals surface area contributed by atoms with Gasteiger partial charge in [-0.3, -0.25) is 0 Å². The number of aromatic nitrogens is 1. The predicted molar refractivity (Wildman–Crippen MR) is 130 cm³/mol. The van der Waals surface area contributed by atoms with E-state index in [0.29, 0.717) is 18.5 Å². The van der Waals surface area contributed by atoms with E-state index in [4.69, 9.17) is 9.41 Å². The van der Waals surface area contributed by atoms with Crippen LogP contribution in [0.1, 0.15) is 52.2 Å². The number of rotatable bonds is 5. The second-order valence-electron chi connectivity index (χ2n) is 8.33. The number of oxazole rings is 1. The molecule has 6 nitrogen and oxygen atoms in total. The van der Waals surface area contributed by atoms with Gasteiger partial charge in [-0.25, -0.2) is 9.98 Å². The van der Waals surface area contributed by atoms with Gasteiger partial charge in [0.05, 0.1) is 6.20 Å². The Balaban J connectivity index is 0.00000300. The molecule has 29 heavy (non-hydrogen) atoms. The van der Waals surface area contributed by atoms with Crippen LogP contribution in [0.4, 0.5) is 5.69 Å². The molecule has 160 valence electrons. The monoisotopic (exact) mass is 511 g/mol. The lowest BCUT2D eigenvalue weighted by Crippen LogP contribution is -2.51. The second kappa shape index (κ2) is 10.8. The lowest BCUT2D eigenvalue weighted by Gasteiger charge is -2.35. The molecule has 1 aliphatic rings. The molecular formula is C22H34IN5O. The third kappa shape index (κ3) is 6.90. The highest BCUT2D eigenvalue weighted by molar-refractivity contribution is 14.0. The molecule has 1 aromatic heterocycles. The molecule has 1 aromatic carbocycles. The number of piperidine rings is 1. The molecule has 1 unspecified atom stereocenters. The van der Waals surface area contributed by atoms with Crippen molar-refractivity contribution in [3.8, 4) is 0 Å². The highest BCUT2D eigenvalue weighted by Gasteiger charge is 2.21. The number of halogens is 1. The van der Waals surface area contributed by atoms with Gasteiger partial charge in [0.15, 0.2) is 5.96 Å². The molecule has 0 spiro atoms. The summed E-state index contributed by atoms with van der Waals surface area (Å²) in [5.41, 5.74) is 1.24. The topological polar surface area (TPSA) is 65.7 Å². The van der Waals surface area contributed by atoms with Crippen LogP contribution in [0.3, 0.4) is 0 Å². The second-order valence-corrected chi connectivity index (χ2v) is 8.33. The third-order valence-corrected chi connectivity index (χ3v) is 4.89. The van der Waals surface area contributed by atoms with Crippen LogP contribution in [0.15, 0.2) is 45.9 Å². The lowest BCUT2D eigenvalue weighted by atomic mass is 9.94.